The highest BCUT2D eigenvalue weighted by atomic mass is 35.5. The van der Waals surface area contributed by atoms with Crippen LogP contribution in [0.2, 0.25) is 10.0 Å². The van der Waals surface area contributed by atoms with E-state index in [1.165, 1.54) is 11.0 Å². The van der Waals surface area contributed by atoms with Crippen LogP contribution in [0, 0.1) is 11.8 Å². The molecule has 0 radical (unpaired) electrons. The van der Waals surface area contributed by atoms with Gasteiger partial charge in [-0.25, -0.2) is 10.3 Å². The van der Waals surface area contributed by atoms with Crippen LogP contribution in [0.15, 0.2) is 102 Å². The molecule has 1 saturated heterocycles. The van der Waals surface area contributed by atoms with Crippen molar-refractivity contribution in [1.29, 1.82) is 0 Å². The Hall–Kier alpha value is -4.26. The van der Waals surface area contributed by atoms with Crippen molar-refractivity contribution in [3.05, 3.63) is 135 Å². The Morgan fingerprint density at radius 1 is 0.854 bits per heavy atom. The van der Waals surface area contributed by atoms with Crippen molar-refractivity contribution >= 4 is 52.8 Å². The molecule has 3 amide bonds. The molecule has 41 heavy (non-hydrogen) atoms. The fourth-order valence-corrected chi connectivity index (χ4v) is 7.47. The fourth-order valence-electron chi connectivity index (χ4n) is 6.98. The van der Waals surface area contributed by atoms with Crippen molar-refractivity contribution in [2.75, 3.05) is 4.90 Å². The second-order valence-electron chi connectivity index (χ2n) is 10.6. The van der Waals surface area contributed by atoms with Crippen LogP contribution in [-0.4, -0.2) is 23.9 Å². The summed E-state index contributed by atoms with van der Waals surface area (Å²) in [6, 6.07) is 29.9. The number of imide groups is 1. The normalized spacial score (nSPS) is 23.9. The van der Waals surface area contributed by atoms with Crippen molar-refractivity contribution in [1.82, 2.24) is 5.43 Å². The van der Waals surface area contributed by atoms with E-state index in [-0.39, 0.29) is 35.1 Å². The maximum atomic E-state index is 14.4. The monoisotopic (exact) mass is 579 g/mol. The standard InChI is InChI=1S/C33H23Cl2N3O3/c34-20-14-15-26(25(35)17-20)38-31(40)29-28-21-10-4-6-12-23(21)33(30(29)32(38)41,24-13-7-5-11-22(24)28)18-36-37-27(39)16-19-8-2-1-3-9-19/h1-15,17-18,28-30H,16H2,(H,37,39)/b36-18-/t28?,29-,30-,33?/m0/s1. The molecule has 1 fully saturated rings. The van der Waals surface area contributed by atoms with Gasteiger partial charge in [-0.1, -0.05) is 102 Å². The first kappa shape index (κ1) is 25.7. The zero-order valence-electron chi connectivity index (χ0n) is 21.6. The lowest BCUT2D eigenvalue weighted by atomic mass is 9.47. The summed E-state index contributed by atoms with van der Waals surface area (Å²) in [6.45, 7) is 0. The molecule has 0 spiro atoms. The van der Waals surface area contributed by atoms with Gasteiger partial charge in [-0.15, -0.1) is 0 Å². The van der Waals surface area contributed by atoms with Gasteiger partial charge in [-0.2, -0.15) is 5.10 Å². The Morgan fingerprint density at radius 2 is 1.49 bits per heavy atom. The van der Waals surface area contributed by atoms with E-state index in [1.54, 1.807) is 18.3 Å². The molecule has 0 aromatic heterocycles. The second kappa shape index (κ2) is 9.68. The molecule has 2 bridgehead atoms. The van der Waals surface area contributed by atoms with Gasteiger partial charge in [-0.3, -0.25) is 14.4 Å². The minimum Gasteiger partial charge on any atom is -0.274 e. The second-order valence-corrected chi connectivity index (χ2v) is 11.4. The molecule has 3 aliphatic carbocycles. The van der Waals surface area contributed by atoms with E-state index < -0.39 is 17.3 Å². The van der Waals surface area contributed by atoms with Crippen molar-refractivity contribution in [2.24, 2.45) is 16.9 Å². The van der Waals surface area contributed by atoms with Gasteiger partial charge in [0.05, 0.1) is 34.4 Å². The SMILES string of the molecule is O=C(Cc1ccccc1)N/N=C\C12c3ccccc3C(c3ccccc31)[C@@H]1C(=O)N(c3ccc(Cl)cc3Cl)C(=O)[C@H]12. The third kappa shape index (κ3) is 3.78. The summed E-state index contributed by atoms with van der Waals surface area (Å²) in [5, 5.41) is 5.08. The van der Waals surface area contributed by atoms with E-state index in [0.717, 1.165) is 27.8 Å². The molecule has 1 heterocycles. The summed E-state index contributed by atoms with van der Waals surface area (Å²) >= 11 is 12.6. The van der Waals surface area contributed by atoms with Crippen LogP contribution in [0.25, 0.3) is 0 Å². The maximum absolute atomic E-state index is 14.4. The minimum atomic E-state index is -1.09. The molecule has 1 N–H and O–H groups in total. The summed E-state index contributed by atoms with van der Waals surface area (Å²) in [6.07, 6.45) is 1.81. The van der Waals surface area contributed by atoms with Gasteiger partial charge in [0.2, 0.25) is 17.7 Å². The number of nitrogens with one attached hydrogen (secondary N) is 1. The predicted octanol–water partition coefficient (Wildman–Crippen LogP) is 5.89. The first-order valence-corrected chi connectivity index (χ1v) is 14.1. The van der Waals surface area contributed by atoms with Gasteiger partial charge in [0.15, 0.2) is 0 Å². The van der Waals surface area contributed by atoms with Crippen molar-refractivity contribution in [2.45, 2.75) is 17.8 Å². The number of carbonyl (C=O) groups is 3. The zero-order chi connectivity index (χ0) is 28.3. The van der Waals surface area contributed by atoms with E-state index in [9.17, 15) is 14.4 Å². The quantitative estimate of drug-likeness (QED) is 0.182. The molecule has 4 aromatic rings. The van der Waals surface area contributed by atoms with E-state index in [1.807, 2.05) is 78.9 Å². The highest BCUT2D eigenvalue weighted by molar-refractivity contribution is 6.38. The highest BCUT2D eigenvalue weighted by Gasteiger charge is 2.68. The summed E-state index contributed by atoms with van der Waals surface area (Å²) in [4.78, 5) is 42.6. The Balaban J connectivity index is 1.37. The maximum Gasteiger partial charge on any atom is 0.244 e. The Labute approximate surface area is 246 Å². The minimum absolute atomic E-state index is 0.159. The van der Waals surface area contributed by atoms with Gasteiger partial charge in [0.1, 0.15) is 0 Å². The largest absolute Gasteiger partial charge is 0.274 e. The summed E-state index contributed by atoms with van der Waals surface area (Å²) in [5.41, 5.74) is 6.48. The van der Waals surface area contributed by atoms with Crippen LogP contribution in [0.1, 0.15) is 33.7 Å². The first-order valence-electron chi connectivity index (χ1n) is 13.3. The number of anilines is 1. The number of nitrogens with zero attached hydrogens (tertiary/aromatic N) is 2. The first-order chi connectivity index (χ1) is 19.9. The smallest absolute Gasteiger partial charge is 0.244 e. The average molecular weight is 580 g/mol. The molecule has 0 saturated carbocycles. The molecule has 0 unspecified atom stereocenters. The van der Waals surface area contributed by atoms with Crippen LogP contribution in [0.3, 0.4) is 0 Å². The number of hydrazone groups is 1. The van der Waals surface area contributed by atoms with Gasteiger partial charge in [0, 0.05) is 17.2 Å². The Morgan fingerprint density at radius 3 is 2.15 bits per heavy atom. The molecule has 202 valence electrons. The van der Waals surface area contributed by atoms with Crippen LogP contribution < -0.4 is 10.3 Å². The van der Waals surface area contributed by atoms with Gasteiger partial charge in [0.25, 0.3) is 0 Å². The van der Waals surface area contributed by atoms with Crippen molar-refractivity contribution in [3.8, 4) is 0 Å². The molecule has 2 atom stereocenters. The third-order valence-electron chi connectivity index (χ3n) is 8.50. The van der Waals surface area contributed by atoms with Crippen molar-refractivity contribution < 1.29 is 14.4 Å². The van der Waals surface area contributed by atoms with Gasteiger partial charge in [-0.05, 0) is 46.0 Å². The number of halogens is 2. The summed E-state index contributed by atoms with van der Waals surface area (Å²) in [5.74, 6) is -2.74. The number of benzene rings is 4. The zero-order valence-corrected chi connectivity index (χ0v) is 23.1. The summed E-state index contributed by atoms with van der Waals surface area (Å²) < 4.78 is 0. The van der Waals surface area contributed by atoms with E-state index in [4.69, 9.17) is 23.2 Å². The number of hydrogen-bond donors (Lipinski definition) is 1. The lowest BCUT2D eigenvalue weighted by Crippen LogP contribution is -2.54. The van der Waals surface area contributed by atoms with Crippen LogP contribution >= 0.6 is 23.2 Å². The summed E-state index contributed by atoms with van der Waals surface area (Å²) in [7, 11) is 0. The Kier molecular flexibility index (Phi) is 6.07. The highest BCUT2D eigenvalue weighted by Crippen LogP contribution is 2.63. The number of amides is 3. The van der Waals surface area contributed by atoms with Crippen LogP contribution in [-0.2, 0) is 26.2 Å². The van der Waals surface area contributed by atoms with E-state index >= 15 is 0 Å². The van der Waals surface area contributed by atoms with Gasteiger partial charge >= 0.3 is 0 Å². The molecule has 1 aliphatic heterocycles. The molecular weight excluding hydrogens is 557 g/mol. The number of rotatable bonds is 5. The lowest BCUT2D eigenvalue weighted by Gasteiger charge is -2.52. The topological polar surface area (TPSA) is 78.8 Å². The molecule has 8 heteroatoms. The molecule has 8 rings (SSSR count). The van der Waals surface area contributed by atoms with E-state index in [0.29, 0.717) is 10.7 Å². The molecule has 6 nitrogen and oxygen atoms in total. The average Bonchev–Trinajstić information content (AvgIpc) is 3.24. The predicted molar refractivity (Wildman–Crippen MR) is 158 cm³/mol. The lowest BCUT2D eigenvalue weighted by molar-refractivity contribution is -0.123. The number of hydrogen-bond acceptors (Lipinski definition) is 4. The van der Waals surface area contributed by atoms with E-state index in [2.05, 4.69) is 10.5 Å². The van der Waals surface area contributed by atoms with Crippen molar-refractivity contribution in [3.63, 3.8) is 0 Å². The fraction of sp³-hybridized carbons (Fsp3) is 0.152. The molecule has 4 aromatic carbocycles. The Bertz CT molecular complexity index is 1720. The number of carbonyl (C=O) groups excluding carboxylic acids is 3. The van der Waals surface area contributed by atoms with Crippen LogP contribution in [0.5, 0.6) is 0 Å². The third-order valence-corrected chi connectivity index (χ3v) is 9.04. The van der Waals surface area contributed by atoms with Gasteiger partial charge < -0.3 is 0 Å². The van der Waals surface area contributed by atoms with Crippen LogP contribution in [0.4, 0.5) is 5.69 Å². The molecular formula is C33H23Cl2N3O3. The molecule has 4 aliphatic rings.